The van der Waals surface area contributed by atoms with Gasteiger partial charge in [0.15, 0.2) is 6.10 Å². The number of hydrogen-bond donors (Lipinski definition) is 2. The van der Waals surface area contributed by atoms with Crippen LogP contribution in [-0.2, 0) is 28.2 Å². The number of rotatable bonds is 49. The van der Waals surface area contributed by atoms with Crippen molar-refractivity contribution in [2.24, 2.45) is 0 Å². The first-order valence-electron chi connectivity index (χ1n) is 25.8. The topological polar surface area (TPSA) is 119 Å². The number of carbonyl (C=O) groups excluding carboxylic acids is 2. The van der Waals surface area contributed by atoms with Crippen LogP contribution in [-0.4, -0.2) is 41.0 Å². The fraction of sp³-hybridized carbons (Fsp3) is 0.960. The molecule has 0 fully saturated rings. The fourth-order valence-corrected chi connectivity index (χ4v) is 8.39. The molecule has 2 N–H and O–H groups in total. The Kier molecular flexibility index (Phi) is 45.8. The number of ether oxygens (including phenoxy) is 2. The Morgan fingerprint density at radius 1 is 0.373 bits per heavy atom. The van der Waals surface area contributed by atoms with Crippen LogP contribution in [0.5, 0.6) is 0 Å². The third-order valence-electron chi connectivity index (χ3n) is 11.9. The van der Waals surface area contributed by atoms with Gasteiger partial charge in [0.1, 0.15) is 6.61 Å². The maximum absolute atomic E-state index is 12.5. The van der Waals surface area contributed by atoms with Crippen LogP contribution in [0.25, 0.3) is 0 Å². The largest absolute Gasteiger partial charge is 0.469 e. The zero-order valence-electron chi connectivity index (χ0n) is 39.2. The first-order valence-corrected chi connectivity index (χ1v) is 27.4. The van der Waals surface area contributed by atoms with E-state index >= 15 is 0 Å². The Labute approximate surface area is 365 Å². The van der Waals surface area contributed by atoms with E-state index < -0.39 is 32.5 Å². The number of esters is 2. The van der Waals surface area contributed by atoms with Crippen molar-refractivity contribution in [1.29, 1.82) is 0 Å². The third kappa shape index (κ3) is 49.6. The summed E-state index contributed by atoms with van der Waals surface area (Å²) in [5.41, 5.74) is 0. The van der Waals surface area contributed by atoms with Crippen LogP contribution in [0.15, 0.2) is 0 Å². The van der Waals surface area contributed by atoms with E-state index in [-0.39, 0.29) is 19.4 Å². The smallest absolute Gasteiger partial charge is 0.462 e. The molecule has 59 heavy (non-hydrogen) atoms. The van der Waals surface area contributed by atoms with Crippen molar-refractivity contribution < 1.29 is 37.9 Å². The van der Waals surface area contributed by atoms with E-state index in [1.165, 1.54) is 225 Å². The molecule has 352 valence electrons. The molecule has 0 spiro atoms. The van der Waals surface area contributed by atoms with Gasteiger partial charge in [-0.25, -0.2) is 4.57 Å². The average molecular weight is 859 g/mol. The summed E-state index contributed by atoms with van der Waals surface area (Å²) in [6.07, 6.45) is 52.7. The van der Waals surface area contributed by atoms with Crippen LogP contribution in [0, 0.1) is 0 Å². The Hall–Kier alpha value is -0.950. The lowest BCUT2D eigenvalue weighted by Crippen LogP contribution is -2.29. The Morgan fingerprint density at radius 3 is 0.864 bits per heavy atom. The van der Waals surface area contributed by atoms with Crippen molar-refractivity contribution in [1.82, 2.24) is 0 Å². The van der Waals surface area contributed by atoms with E-state index in [9.17, 15) is 14.2 Å². The van der Waals surface area contributed by atoms with Crippen molar-refractivity contribution in [2.75, 3.05) is 13.2 Å². The molecule has 0 bridgehead atoms. The van der Waals surface area contributed by atoms with Crippen molar-refractivity contribution in [3.8, 4) is 0 Å². The van der Waals surface area contributed by atoms with Gasteiger partial charge in [0.2, 0.25) is 0 Å². The quantitative estimate of drug-likeness (QED) is 0.0353. The molecule has 0 aromatic heterocycles. The average Bonchev–Trinajstić information content (AvgIpc) is 3.21. The molecule has 0 aliphatic heterocycles. The molecule has 0 saturated carbocycles. The molecule has 8 nitrogen and oxygen atoms in total. The molecule has 0 rings (SSSR count). The summed E-state index contributed by atoms with van der Waals surface area (Å²) >= 11 is 0. The third-order valence-corrected chi connectivity index (χ3v) is 12.4. The molecule has 0 aliphatic carbocycles. The van der Waals surface area contributed by atoms with Crippen molar-refractivity contribution in [3.63, 3.8) is 0 Å². The Morgan fingerprint density at radius 2 is 0.610 bits per heavy atom. The highest BCUT2D eigenvalue weighted by Crippen LogP contribution is 2.36. The number of hydrogen-bond acceptors (Lipinski definition) is 6. The molecule has 0 aliphatic rings. The van der Waals surface area contributed by atoms with Gasteiger partial charge in [0, 0.05) is 12.8 Å². The van der Waals surface area contributed by atoms with Crippen LogP contribution in [0.2, 0.25) is 0 Å². The van der Waals surface area contributed by atoms with Gasteiger partial charge in [-0.05, 0) is 12.8 Å². The number of carbonyl (C=O) groups is 2. The normalized spacial score (nSPS) is 12.3. The first-order chi connectivity index (χ1) is 28.8. The van der Waals surface area contributed by atoms with Gasteiger partial charge in [-0.15, -0.1) is 0 Å². The minimum absolute atomic E-state index is 0.221. The van der Waals surface area contributed by atoms with Gasteiger partial charge in [-0.1, -0.05) is 264 Å². The standard InChI is InChI=1S/C50H99O8P/c1-3-5-7-9-11-13-15-17-19-21-23-24-25-26-27-29-30-32-34-36-38-40-42-44-49(51)56-46-48(47-57-59(53,54)55)58-50(52)45-43-41-39-37-35-33-31-28-22-20-18-16-14-12-10-8-6-4-2/h48H,3-47H2,1-2H3,(H2,53,54,55)/t48-/m1/s1. The van der Waals surface area contributed by atoms with Crippen molar-refractivity contribution in [2.45, 2.75) is 296 Å². The number of unbranched alkanes of at least 4 members (excludes halogenated alkanes) is 39. The van der Waals surface area contributed by atoms with E-state index in [0.29, 0.717) is 6.42 Å². The molecule has 1 atom stereocenters. The lowest BCUT2D eigenvalue weighted by molar-refractivity contribution is -0.161. The van der Waals surface area contributed by atoms with Crippen LogP contribution in [0.4, 0.5) is 0 Å². The van der Waals surface area contributed by atoms with E-state index in [4.69, 9.17) is 19.3 Å². The van der Waals surface area contributed by atoms with E-state index in [1.807, 2.05) is 0 Å². The van der Waals surface area contributed by atoms with Crippen LogP contribution in [0.3, 0.4) is 0 Å². The van der Waals surface area contributed by atoms with Crippen LogP contribution < -0.4 is 0 Å². The predicted octanol–water partition coefficient (Wildman–Crippen LogP) is 16.4. The summed E-state index contributed by atoms with van der Waals surface area (Å²) in [4.78, 5) is 43.1. The molecule has 0 radical (unpaired) electrons. The highest BCUT2D eigenvalue weighted by atomic mass is 31.2. The highest BCUT2D eigenvalue weighted by Gasteiger charge is 2.23. The molecule has 0 saturated heterocycles. The van der Waals surface area contributed by atoms with E-state index in [0.717, 1.165) is 32.1 Å². The monoisotopic (exact) mass is 859 g/mol. The summed E-state index contributed by atoms with van der Waals surface area (Å²) in [5.74, 6) is -0.860. The van der Waals surface area contributed by atoms with Crippen molar-refractivity contribution in [3.05, 3.63) is 0 Å². The number of phosphoric ester groups is 1. The maximum Gasteiger partial charge on any atom is 0.469 e. The molecule has 0 aromatic carbocycles. The molecule has 9 heteroatoms. The summed E-state index contributed by atoms with van der Waals surface area (Å²) in [6.45, 7) is 3.75. The zero-order valence-corrected chi connectivity index (χ0v) is 40.1. The van der Waals surface area contributed by atoms with E-state index in [2.05, 4.69) is 18.4 Å². The summed E-state index contributed by atoms with van der Waals surface area (Å²) in [7, 11) is -4.75. The second-order valence-electron chi connectivity index (χ2n) is 17.9. The van der Waals surface area contributed by atoms with Crippen LogP contribution in [0.1, 0.15) is 290 Å². The predicted molar refractivity (Wildman–Crippen MR) is 249 cm³/mol. The van der Waals surface area contributed by atoms with Gasteiger partial charge in [-0.3, -0.25) is 14.1 Å². The fourth-order valence-electron chi connectivity index (χ4n) is 8.03. The Bertz CT molecular complexity index is 925. The van der Waals surface area contributed by atoms with Gasteiger partial charge in [-0.2, -0.15) is 0 Å². The molecular formula is C50H99O8P. The SMILES string of the molecule is CCCCCCCCCCCCCCCCCCCCCCCCCC(=O)OC[C@H](COP(=O)(O)O)OC(=O)CCCCCCCCCCCCCCCCCCCC. The second-order valence-corrected chi connectivity index (χ2v) is 19.1. The zero-order chi connectivity index (χ0) is 43.2. The highest BCUT2D eigenvalue weighted by molar-refractivity contribution is 7.46. The lowest BCUT2D eigenvalue weighted by atomic mass is 10.0. The van der Waals surface area contributed by atoms with Crippen molar-refractivity contribution >= 4 is 19.8 Å². The molecule has 0 heterocycles. The summed E-state index contributed by atoms with van der Waals surface area (Å²) in [5, 5.41) is 0. The molecule has 0 aromatic rings. The molecular weight excluding hydrogens is 760 g/mol. The number of phosphoric acid groups is 1. The Balaban J connectivity index is 3.74. The summed E-state index contributed by atoms with van der Waals surface area (Å²) in [6, 6.07) is 0. The second kappa shape index (κ2) is 46.6. The first kappa shape index (κ1) is 58.0. The van der Waals surface area contributed by atoms with Gasteiger partial charge in [0.05, 0.1) is 6.61 Å². The maximum atomic E-state index is 12.5. The van der Waals surface area contributed by atoms with Gasteiger partial charge >= 0.3 is 19.8 Å². The minimum Gasteiger partial charge on any atom is -0.462 e. The van der Waals surface area contributed by atoms with Gasteiger partial charge < -0.3 is 19.3 Å². The minimum atomic E-state index is -4.75. The lowest BCUT2D eigenvalue weighted by Gasteiger charge is -2.18. The summed E-state index contributed by atoms with van der Waals surface area (Å²) < 4.78 is 26.5. The molecule has 0 amide bonds. The van der Waals surface area contributed by atoms with Crippen LogP contribution >= 0.6 is 7.82 Å². The van der Waals surface area contributed by atoms with Gasteiger partial charge in [0.25, 0.3) is 0 Å². The molecule has 0 unspecified atom stereocenters. The van der Waals surface area contributed by atoms with E-state index in [1.54, 1.807) is 0 Å².